The maximum Gasteiger partial charge on any atom is 0.244 e. The van der Waals surface area contributed by atoms with Gasteiger partial charge in [0.2, 0.25) is 10.0 Å². The maximum absolute atomic E-state index is 12.5. The summed E-state index contributed by atoms with van der Waals surface area (Å²) in [4.78, 5) is 0.376. The van der Waals surface area contributed by atoms with Crippen LogP contribution in [-0.4, -0.2) is 29.1 Å². The van der Waals surface area contributed by atoms with E-state index in [0.29, 0.717) is 18.5 Å². The number of nitrogens with zero attached hydrogens (tertiary/aromatic N) is 1. The molecule has 0 spiro atoms. The third kappa shape index (κ3) is 3.02. The molecule has 1 heterocycles. The second kappa shape index (κ2) is 5.79. The predicted molar refractivity (Wildman–Crippen MR) is 80.9 cm³/mol. The molecule has 0 unspecified atom stereocenters. The van der Waals surface area contributed by atoms with Crippen molar-refractivity contribution in [3.8, 4) is 0 Å². The molecule has 1 aliphatic carbocycles. The number of hydrogen-bond acceptors (Lipinski definition) is 4. The van der Waals surface area contributed by atoms with Crippen LogP contribution in [0.15, 0.2) is 11.1 Å². The lowest BCUT2D eigenvalue weighted by Crippen LogP contribution is -2.56. The van der Waals surface area contributed by atoms with Gasteiger partial charge in [-0.1, -0.05) is 37.9 Å². The van der Waals surface area contributed by atoms with Crippen LogP contribution in [0, 0.1) is 6.92 Å². The van der Waals surface area contributed by atoms with E-state index in [9.17, 15) is 8.42 Å². The lowest BCUT2D eigenvalue weighted by atomic mass is 9.91. The van der Waals surface area contributed by atoms with Crippen molar-refractivity contribution in [2.75, 3.05) is 0 Å². The fourth-order valence-electron chi connectivity index (χ4n) is 2.65. The van der Waals surface area contributed by atoms with Gasteiger partial charge in [-0.3, -0.25) is 5.10 Å². The van der Waals surface area contributed by atoms with E-state index in [0.717, 1.165) is 25.7 Å². The van der Waals surface area contributed by atoms with Crippen LogP contribution in [0.2, 0.25) is 0 Å². The Morgan fingerprint density at radius 1 is 1.40 bits per heavy atom. The molecule has 1 aliphatic rings. The van der Waals surface area contributed by atoms with Gasteiger partial charge in [0.05, 0.1) is 22.4 Å². The standard InChI is InChI=1S/C12H20N4O2S2/c1-9-10(8-14-15-9)20(17,18)16-12(11(13)19)6-4-2-3-5-7-12/h8,16H,2-7H2,1H3,(H2,13,19)(H,14,15). The Bertz CT molecular complexity index is 586. The normalized spacial score (nSPS) is 19.4. The van der Waals surface area contributed by atoms with Crippen LogP contribution in [0.1, 0.15) is 44.2 Å². The lowest BCUT2D eigenvalue weighted by Gasteiger charge is -2.32. The number of thiocarbonyl (C=S) groups is 1. The molecule has 0 aromatic carbocycles. The minimum absolute atomic E-state index is 0.150. The summed E-state index contributed by atoms with van der Waals surface area (Å²) in [6, 6.07) is 0. The predicted octanol–water partition coefficient (Wildman–Crippen LogP) is 1.38. The highest BCUT2D eigenvalue weighted by atomic mass is 32.2. The van der Waals surface area contributed by atoms with Crippen molar-refractivity contribution < 1.29 is 8.42 Å². The van der Waals surface area contributed by atoms with Gasteiger partial charge in [0.1, 0.15) is 4.90 Å². The highest BCUT2D eigenvalue weighted by Crippen LogP contribution is 2.29. The van der Waals surface area contributed by atoms with E-state index in [4.69, 9.17) is 18.0 Å². The molecule has 1 saturated carbocycles. The minimum Gasteiger partial charge on any atom is -0.392 e. The van der Waals surface area contributed by atoms with E-state index in [1.54, 1.807) is 6.92 Å². The number of rotatable bonds is 4. The van der Waals surface area contributed by atoms with Crippen LogP contribution < -0.4 is 10.5 Å². The van der Waals surface area contributed by atoms with Crippen molar-refractivity contribution in [3.63, 3.8) is 0 Å². The molecule has 2 rings (SSSR count). The van der Waals surface area contributed by atoms with E-state index >= 15 is 0 Å². The molecule has 0 saturated heterocycles. The second-order valence-electron chi connectivity index (χ2n) is 5.33. The van der Waals surface area contributed by atoms with Gasteiger partial charge in [0.25, 0.3) is 0 Å². The third-order valence-electron chi connectivity index (χ3n) is 3.83. The Balaban J connectivity index is 2.33. The molecule has 1 aromatic heterocycles. The summed E-state index contributed by atoms with van der Waals surface area (Å²) in [6.45, 7) is 1.67. The Hall–Kier alpha value is -0.990. The Labute approximate surface area is 124 Å². The van der Waals surface area contributed by atoms with Crippen LogP contribution in [0.4, 0.5) is 0 Å². The van der Waals surface area contributed by atoms with E-state index < -0.39 is 15.6 Å². The van der Waals surface area contributed by atoms with Crippen molar-refractivity contribution in [2.45, 2.75) is 55.9 Å². The van der Waals surface area contributed by atoms with Gasteiger partial charge in [-0.05, 0) is 19.8 Å². The first-order chi connectivity index (χ1) is 9.37. The highest BCUT2D eigenvalue weighted by Gasteiger charge is 2.39. The average molecular weight is 316 g/mol. The van der Waals surface area contributed by atoms with Crippen molar-refractivity contribution in [1.29, 1.82) is 0 Å². The van der Waals surface area contributed by atoms with Crippen LogP contribution in [-0.2, 0) is 10.0 Å². The molecule has 0 bridgehead atoms. The maximum atomic E-state index is 12.5. The van der Waals surface area contributed by atoms with Gasteiger partial charge in [-0.2, -0.15) is 9.82 Å². The summed E-state index contributed by atoms with van der Waals surface area (Å²) in [5.41, 5.74) is 5.54. The molecule has 6 nitrogen and oxygen atoms in total. The molecule has 0 aliphatic heterocycles. The Kier molecular flexibility index (Phi) is 4.46. The van der Waals surface area contributed by atoms with E-state index in [2.05, 4.69) is 14.9 Å². The molecule has 1 fully saturated rings. The van der Waals surface area contributed by atoms with Gasteiger partial charge in [0, 0.05) is 0 Å². The quantitative estimate of drug-likeness (QED) is 0.575. The number of nitrogens with one attached hydrogen (secondary N) is 2. The molecular formula is C12H20N4O2S2. The number of H-pyrrole nitrogens is 1. The topological polar surface area (TPSA) is 101 Å². The largest absolute Gasteiger partial charge is 0.392 e. The van der Waals surface area contributed by atoms with Crippen molar-refractivity contribution in [3.05, 3.63) is 11.9 Å². The average Bonchev–Trinajstić information content (AvgIpc) is 2.66. The number of nitrogens with two attached hydrogens (primary N) is 1. The van der Waals surface area contributed by atoms with Crippen LogP contribution in [0.3, 0.4) is 0 Å². The van der Waals surface area contributed by atoms with Crippen LogP contribution in [0.5, 0.6) is 0 Å². The number of sulfonamides is 1. The number of aromatic amines is 1. The van der Waals surface area contributed by atoms with Crippen LogP contribution in [0.25, 0.3) is 0 Å². The zero-order valence-electron chi connectivity index (χ0n) is 11.5. The lowest BCUT2D eigenvalue weighted by molar-refractivity contribution is 0.441. The summed E-state index contributed by atoms with van der Waals surface area (Å²) in [5.74, 6) is 0. The number of hydrogen-bond donors (Lipinski definition) is 3. The van der Waals surface area contributed by atoms with Gasteiger partial charge >= 0.3 is 0 Å². The first kappa shape index (κ1) is 15.4. The minimum atomic E-state index is -3.68. The van der Waals surface area contributed by atoms with Gasteiger partial charge in [-0.15, -0.1) is 0 Å². The molecule has 20 heavy (non-hydrogen) atoms. The zero-order valence-corrected chi connectivity index (χ0v) is 13.1. The van der Waals surface area contributed by atoms with E-state index in [1.165, 1.54) is 6.20 Å². The van der Waals surface area contributed by atoms with Gasteiger partial charge in [-0.25, -0.2) is 8.42 Å². The van der Waals surface area contributed by atoms with E-state index in [-0.39, 0.29) is 9.88 Å². The fraction of sp³-hybridized carbons (Fsp3) is 0.667. The molecule has 0 amide bonds. The summed E-state index contributed by atoms with van der Waals surface area (Å²) >= 11 is 5.15. The number of aryl methyl sites for hydroxylation is 1. The molecular weight excluding hydrogens is 296 g/mol. The fourth-order valence-corrected chi connectivity index (χ4v) is 4.55. The zero-order chi connectivity index (χ0) is 14.8. The first-order valence-electron chi connectivity index (χ1n) is 6.71. The monoisotopic (exact) mass is 316 g/mol. The van der Waals surface area contributed by atoms with Gasteiger partial charge < -0.3 is 5.73 Å². The molecule has 112 valence electrons. The second-order valence-corrected chi connectivity index (χ2v) is 7.42. The van der Waals surface area contributed by atoms with Gasteiger partial charge in [0.15, 0.2) is 0 Å². The van der Waals surface area contributed by atoms with Crippen LogP contribution >= 0.6 is 12.2 Å². The summed E-state index contributed by atoms with van der Waals surface area (Å²) < 4.78 is 27.8. The molecule has 4 N–H and O–H groups in total. The molecule has 0 radical (unpaired) electrons. The summed E-state index contributed by atoms with van der Waals surface area (Å²) in [7, 11) is -3.68. The molecule has 0 atom stereocenters. The Morgan fingerprint density at radius 2 is 2.00 bits per heavy atom. The highest BCUT2D eigenvalue weighted by molar-refractivity contribution is 7.89. The SMILES string of the molecule is Cc1[nH]ncc1S(=O)(=O)NC1(C(N)=S)CCCCCC1. The first-order valence-corrected chi connectivity index (χ1v) is 8.60. The van der Waals surface area contributed by atoms with Crippen molar-refractivity contribution in [2.24, 2.45) is 5.73 Å². The third-order valence-corrected chi connectivity index (χ3v) is 5.87. The van der Waals surface area contributed by atoms with Crippen molar-refractivity contribution >= 4 is 27.2 Å². The van der Waals surface area contributed by atoms with Crippen molar-refractivity contribution in [1.82, 2.24) is 14.9 Å². The summed E-state index contributed by atoms with van der Waals surface area (Å²) in [5, 5.41) is 6.39. The molecule has 8 heteroatoms. The number of aromatic nitrogens is 2. The van der Waals surface area contributed by atoms with E-state index in [1.807, 2.05) is 0 Å². The Morgan fingerprint density at radius 3 is 2.45 bits per heavy atom. The molecule has 1 aromatic rings. The summed E-state index contributed by atoms with van der Waals surface area (Å²) in [6.07, 6.45) is 6.61. The smallest absolute Gasteiger partial charge is 0.244 e.